The van der Waals surface area contributed by atoms with Gasteiger partial charge in [-0.05, 0) is 76.9 Å². The van der Waals surface area contributed by atoms with E-state index in [0.29, 0.717) is 53.7 Å². The largest absolute Gasteiger partial charge is 0.383 e. The zero-order chi connectivity index (χ0) is 35.5. The van der Waals surface area contributed by atoms with E-state index in [-0.39, 0.29) is 11.7 Å². The van der Waals surface area contributed by atoms with Crippen molar-refractivity contribution in [1.82, 2.24) is 19.9 Å². The van der Waals surface area contributed by atoms with E-state index < -0.39 is 0 Å². The Bertz CT molecular complexity index is 2020. The van der Waals surface area contributed by atoms with Crippen molar-refractivity contribution in [2.24, 2.45) is 16.5 Å². The molecule has 4 heterocycles. The molecule has 0 amide bonds. The highest BCUT2D eigenvalue weighted by Crippen LogP contribution is 2.26. The Balaban J connectivity index is 0.000000156. The summed E-state index contributed by atoms with van der Waals surface area (Å²) in [7, 11) is 3.73. The second-order valence-electron chi connectivity index (χ2n) is 11.4. The van der Waals surface area contributed by atoms with Gasteiger partial charge in [0, 0.05) is 60.1 Å². The van der Waals surface area contributed by atoms with Gasteiger partial charge in [0.15, 0.2) is 11.7 Å². The predicted octanol–water partition coefficient (Wildman–Crippen LogP) is 7.19. The van der Waals surface area contributed by atoms with Gasteiger partial charge in [-0.1, -0.05) is 47.5 Å². The number of ether oxygens (including phenoxy) is 2. The first-order chi connectivity index (χ1) is 24.1. The normalized spacial score (nSPS) is 12.5. The molecule has 13 heteroatoms. The Morgan fingerprint density at radius 3 is 2.18 bits per heavy atom. The first-order valence-electron chi connectivity index (χ1n) is 15.5. The maximum absolute atomic E-state index is 11.5. The molecule has 50 heavy (non-hydrogen) atoms. The van der Waals surface area contributed by atoms with Crippen LogP contribution in [0.25, 0.3) is 11.4 Å². The van der Waals surface area contributed by atoms with Crippen molar-refractivity contribution in [2.45, 2.75) is 26.4 Å². The Labute approximate surface area is 300 Å². The summed E-state index contributed by atoms with van der Waals surface area (Å²) in [6.45, 7) is 2.68. The number of guanidine groups is 1. The summed E-state index contributed by atoms with van der Waals surface area (Å²) in [5.41, 5.74) is 19.1. The molecule has 0 fully saturated rings. The third kappa shape index (κ3) is 10.6. The number of nitrogens with zero attached hydrogens (tertiary/aromatic N) is 5. The van der Waals surface area contributed by atoms with E-state index >= 15 is 0 Å². The summed E-state index contributed by atoms with van der Waals surface area (Å²) in [5, 5.41) is 4.42. The van der Waals surface area contributed by atoms with Crippen LogP contribution < -0.4 is 16.8 Å². The van der Waals surface area contributed by atoms with Crippen molar-refractivity contribution in [2.75, 3.05) is 19.4 Å². The number of carbonyl (C=O) groups excluding carboxylic acids is 1. The molecule has 0 spiro atoms. The molecule has 0 saturated heterocycles. The van der Waals surface area contributed by atoms with Gasteiger partial charge in [-0.2, -0.15) is 0 Å². The van der Waals surface area contributed by atoms with Gasteiger partial charge in [-0.25, -0.2) is 15.0 Å². The molecule has 0 aliphatic carbocycles. The van der Waals surface area contributed by atoms with Crippen molar-refractivity contribution in [3.05, 3.63) is 141 Å². The monoisotopic (exact) mass is 710 g/mol. The first-order valence-corrected chi connectivity index (χ1v) is 16.2. The van der Waals surface area contributed by atoms with Crippen LogP contribution in [-0.4, -0.2) is 45.7 Å². The van der Waals surface area contributed by atoms with Crippen LogP contribution in [0.5, 0.6) is 0 Å². The number of rotatable bonds is 7. The van der Waals surface area contributed by atoms with E-state index in [1.165, 1.54) is 28.3 Å². The van der Waals surface area contributed by atoms with E-state index in [4.69, 9.17) is 44.1 Å². The van der Waals surface area contributed by atoms with Crippen molar-refractivity contribution < 1.29 is 14.3 Å². The number of anilines is 2. The molecule has 0 saturated carbocycles. The number of carbonyl (C=O) groups is 1. The summed E-state index contributed by atoms with van der Waals surface area (Å²) < 4.78 is 10.7. The quantitative estimate of drug-likeness (QED) is 0.0685. The molecule has 7 rings (SSSR count). The number of benzene rings is 3. The third-order valence-electron chi connectivity index (χ3n) is 7.21. The Hall–Kier alpha value is -5.33. The van der Waals surface area contributed by atoms with Crippen molar-refractivity contribution in [3.8, 4) is 11.4 Å². The van der Waals surface area contributed by atoms with Gasteiger partial charge in [0.2, 0.25) is 5.95 Å². The van der Waals surface area contributed by atoms with Crippen LogP contribution in [0.2, 0.25) is 10.0 Å². The van der Waals surface area contributed by atoms with Gasteiger partial charge < -0.3 is 31.2 Å². The molecule has 3 aromatic carbocycles. The number of fused-ring (bicyclic) bond motifs is 2. The average molecular weight is 712 g/mol. The maximum Gasteiger partial charge on any atom is 0.227 e. The van der Waals surface area contributed by atoms with Crippen LogP contribution in [0.4, 0.5) is 17.3 Å². The predicted molar refractivity (Wildman–Crippen MR) is 198 cm³/mol. The van der Waals surface area contributed by atoms with Gasteiger partial charge in [0.05, 0.1) is 43.5 Å². The number of nitrogens with one attached hydrogen (secondary N) is 1. The van der Waals surface area contributed by atoms with Crippen molar-refractivity contribution >= 4 is 52.3 Å². The number of pyridine rings is 1. The number of aromatic nitrogens is 3. The third-order valence-corrected chi connectivity index (χ3v) is 7.68. The van der Waals surface area contributed by atoms with Crippen LogP contribution in [-0.2, 0) is 35.9 Å². The molecule has 0 unspecified atom stereocenters. The lowest BCUT2D eigenvalue weighted by Crippen LogP contribution is -2.21. The van der Waals surface area contributed by atoms with Crippen LogP contribution in [0.1, 0.15) is 32.6 Å². The molecule has 0 radical (unpaired) electrons. The van der Waals surface area contributed by atoms with Gasteiger partial charge in [0.1, 0.15) is 0 Å². The van der Waals surface area contributed by atoms with Crippen molar-refractivity contribution in [3.63, 3.8) is 0 Å². The number of nitrogens with two attached hydrogens (primary N) is 2. The number of allylic oxidation sites excluding steroid dienone is 1. The lowest BCUT2D eigenvalue weighted by atomic mass is 10.1. The second kappa shape index (κ2) is 17.4. The average Bonchev–Trinajstić information content (AvgIpc) is 3.77. The first kappa shape index (κ1) is 36.0. The number of ketones is 1. The van der Waals surface area contributed by atoms with Gasteiger partial charge in [-0.15, -0.1) is 0 Å². The van der Waals surface area contributed by atoms with Crippen LogP contribution in [0, 0.1) is 0 Å². The number of hydrogen-bond acceptors (Lipinski definition) is 9. The van der Waals surface area contributed by atoms with E-state index in [1.807, 2.05) is 43.3 Å². The summed E-state index contributed by atoms with van der Waals surface area (Å²) in [4.78, 5) is 30.3. The molecule has 11 nitrogen and oxygen atoms in total. The fourth-order valence-electron chi connectivity index (χ4n) is 4.82. The molecule has 0 atom stereocenters. The second-order valence-corrected chi connectivity index (χ2v) is 12.2. The van der Waals surface area contributed by atoms with Crippen LogP contribution >= 0.6 is 23.2 Å². The fourth-order valence-corrected chi connectivity index (χ4v) is 5.17. The minimum atomic E-state index is -0.0406. The number of hydrogen-bond donors (Lipinski definition) is 3. The number of aliphatic imine (C=N–C) groups is 1. The SMILES string of the molecule is CN(C)/C=C/C(=O)c1cccc(Cl)c1.Clc1ccnc(-c2ccnc(Nc3ccc4c(c3)COC4)n2)c1.NC(N)=Nc1ccc2c(c1)COC2. The van der Waals surface area contributed by atoms with E-state index in [9.17, 15) is 4.79 Å². The summed E-state index contributed by atoms with van der Waals surface area (Å²) in [6, 6.07) is 24.2. The molecule has 0 bridgehead atoms. The lowest BCUT2D eigenvalue weighted by molar-refractivity contribution is 0.104. The minimum Gasteiger partial charge on any atom is -0.383 e. The minimum absolute atomic E-state index is 0.0406. The van der Waals surface area contributed by atoms with E-state index in [0.717, 1.165) is 17.1 Å². The molecule has 2 aliphatic rings. The summed E-state index contributed by atoms with van der Waals surface area (Å²) >= 11 is 11.8. The van der Waals surface area contributed by atoms with Gasteiger partial charge >= 0.3 is 0 Å². The Morgan fingerprint density at radius 1 is 0.800 bits per heavy atom. The highest BCUT2D eigenvalue weighted by atomic mass is 35.5. The summed E-state index contributed by atoms with van der Waals surface area (Å²) in [5.74, 6) is 0.559. The maximum atomic E-state index is 11.5. The van der Waals surface area contributed by atoms with Gasteiger partial charge in [-0.3, -0.25) is 9.78 Å². The highest BCUT2D eigenvalue weighted by molar-refractivity contribution is 6.31. The zero-order valence-corrected chi connectivity index (χ0v) is 29.0. The molecule has 5 aromatic rings. The zero-order valence-electron chi connectivity index (χ0n) is 27.5. The molecule has 2 aliphatic heterocycles. The molecular weight excluding hydrogens is 675 g/mol. The van der Waals surface area contributed by atoms with Crippen LogP contribution in [0.15, 0.2) is 109 Å². The number of halogens is 2. The van der Waals surface area contributed by atoms with E-state index in [1.54, 1.807) is 61.1 Å². The fraction of sp³-hybridized carbons (Fsp3) is 0.162. The highest BCUT2D eigenvalue weighted by Gasteiger charge is 2.13. The lowest BCUT2D eigenvalue weighted by Gasteiger charge is -2.08. The molecule has 256 valence electrons. The molecule has 2 aromatic heterocycles. The topological polar surface area (TPSA) is 154 Å². The van der Waals surface area contributed by atoms with Crippen molar-refractivity contribution in [1.29, 1.82) is 0 Å². The standard InChI is InChI=1S/C17H13ClN4O.C11H12ClNO.C9H11N3O/c18-13-3-5-19-16(8-13)15-4-6-20-17(22-15)21-14-2-1-11-9-23-10-12(11)7-14;1-13(2)7-6-11(14)9-4-3-5-10(12)8-9;10-9(11)12-8-2-1-6-4-13-5-7(6)3-8/h1-8H,9-10H2,(H,20,21,22);3-8H,1-2H3;1-3H,4-5H2,(H4,10,11,12)/b;7-6+;. The molecular formula is C37H36Cl2N8O3. The van der Waals surface area contributed by atoms with Crippen LogP contribution in [0.3, 0.4) is 0 Å². The Morgan fingerprint density at radius 2 is 1.48 bits per heavy atom. The smallest absolute Gasteiger partial charge is 0.227 e. The van der Waals surface area contributed by atoms with Gasteiger partial charge in [0.25, 0.3) is 0 Å². The Kier molecular flexibility index (Phi) is 12.5. The summed E-state index contributed by atoms with van der Waals surface area (Å²) in [6.07, 6.45) is 6.59. The molecule has 5 N–H and O–H groups in total. The van der Waals surface area contributed by atoms with E-state index in [2.05, 4.69) is 37.4 Å².